The van der Waals surface area contributed by atoms with Gasteiger partial charge in [0.15, 0.2) is 11.5 Å². The number of nitrogens with one attached hydrogen (secondary N) is 1. The smallest absolute Gasteiger partial charge is 0.226 e. The van der Waals surface area contributed by atoms with Gasteiger partial charge in [-0.2, -0.15) is 10.1 Å². The van der Waals surface area contributed by atoms with Crippen molar-refractivity contribution in [3.8, 4) is 23.0 Å². The van der Waals surface area contributed by atoms with Gasteiger partial charge in [-0.25, -0.2) is 9.07 Å². The van der Waals surface area contributed by atoms with Crippen LogP contribution in [0.25, 0.3) is 5.70 Å². The lowest BCUT2D eigenvalue weighted by Crippen LogP contribution is -2.32. The van der Waals surface area contributed by atoms with Crippen LogP contribution in [0.5, 0.6) is 23.0 Å². The molecule has 2 atom stereocenters. The number of hydrogen-bond acceptors (Lipinski definition) is 7. The molecule has 0 saturated carbocycles. The first-order valence-electron chi connectivity index (χ1n) is 11.4. The van der Waals surface area contributed by atoms with Crippen molar-refractivity contribution in [2.75, 3.05) is 26.6 Å². The molecule has 0 unspecified atom stereocenters. The molecular weight excluding hydrogens is 463 g/mol. The van der Waals surface area contributed by atoms with Crippen molar-refractivity contribution in [2.24, 2.45) is 0 Å². The molecule has 3 aromatic carbocycles. The molecular formula is C27H23FN4O4. The van der Waals surface area contributed by atoms with Gasteiger partial charge in [0.25, 0.3) is 0 Å². The summed E-state index contributed by atoms with van der Waals surface area (Å²) < 4.78 is 40.3. The fourth-order valence-corrected chi connectivity index (χ4v) is 4.94. The van der Waals surface area contributed by atoms with E-state index in [0.29, 0.717) is 34.5 Å². The number of methoxy groups -OCH3 is 3. The van der Waals surface area contributed by atoms with Crippen LogP contribution in [0, 0.1) is 5.82 Å². The normalized spacial score (nSPS) is 17.8. The van der Waals surface area contributed by atoms with E-state index in [9.17, 15) is 0 Å². The van der Waals surface area contributed by atoms with Gasteiger partial charge in [0.05, 0.1) is 27.0 Å². The summed E-state index contributed by atoms with van der Waals surface area (Å²) in [7, 11) is 4.68. The number of halogens is 1. The highest BCUT2D eigenvalue weighted by Crippen LogP contribution is 2.52. The molecule has 3 heterocycles. The Balaban J connectivity index is 1.64. The van der Waals surface area contributed by atoms with E-state index in [0.717, 1.165) is 22.4 Å². The Labute approximate surface area is 206 Å². The number of anilines is 1. The molecule has 2 aliphatic heterocycles. The summed E-state index contributed by atoms with van der Waals surface area (Å²) >= 11 is 0. The monoisotopic (exact) mass is 486 g/mol. The maximum atomic E-state index is 15.3. The van der Waals surface area contributed by atoms with Crippen LogP contribution >= 0.6 is 0 Å². The number of para-hydroxylation sites is 1. The second-order valence-corrected chi connectivity index (χ2v) is 8.36. The standard InChI is InChI=1S/C27H23FN4O4/c1-33-20-12-15(13-21(34-2)26(20)35-3)25-22-23(17-9-5-7-11-19(17)36-25)31-27-29-14-30-32(27)24(22)16-8-4-6-10-18(16)28/h4-14,24-25H,1-3H3,(H,29,30,31)/t24-,25-/m1/s1. The molecule has 182 valence electrons. The Morgan fingerprint density at radius 3 is 2.39 bits per heavy atom. The zero-order valence-corrected chi connectivity index (χ0v) is 19.9. The van der Waals surface area contributed by atoms with Gasteiger partial charge in [-0.05, 0) is 30.3 Å². The third-order valence-corrected chi connectivity index (χ3v) is 6.51. The predicted molar refractivity (Wildman–Crippen MR) is 131 cm³/mol. The molecule has 0 radical (unpaired) electrons. The third kappa shape index (κ3) is 3.27. The number of hydrogen-bond donors (Lipinski definition) is 1. The number of aromatic nitrogens is 3. The van der Waals surface area contributed by atoms with Crippen LogP contribution < -0.4 is 24.3 Å². The average molecular weight is 487 g/mol. The van der Waals surface area contributed by atoms with Crippen molar-refractivity contribution in [2.45, 2.75) is 12.1 Å². The Morgan fingerprint density at radius 2 is 1.67 bits per heavy atom. The molecule has 0 amide bonds. The fourth-order valence-electron chi connectivity index (χ4n) is 4.94. The topological polar surface area (TPSA) is 79.7 Å². The summed E-state index contributed by atoms with van der Waals surface area (Å²) in [4.78, 5) is 4.39. The van der Waals surface area contributed by atoms with Crippen LogP contribution in [-0.4, -0.2) is 36.1 Å². The minimum absolute atomic E-state index is 0.347. The molecule has 8 nitrogen and oxygen atoms in total. The van der Waals surface area contributed by atoms with Gasteiger partial charge in [0.1, 0.15) is 30.0 Å². The summed E-state index contributed by atoms with van der Waals surface area (Å²) in [5.41, 5.74) is 3.64. The molecule has 6 rings (SSSR count). The van der Waals surface area contributed by atoms with Crippen molar-refractivity contribution in [3.05, 3.63) is 95.1 Å². The minimum atomic E-state index is -0.627. The predicted octanol–water partition coefficient (Wildman–Crippen LogP) is 5.00. The van der Waals surface area contributed by atoms with Crippen LogP contribution in [0.2, 0.25) is 0 Å². The largest absolute Gasteiger partial charge is 0.493 e. The molecule has 1 aromatic heterocycles. The molecule has 0 aliphatic carbocycles. The second-order valence-electron chi connectivity index (χ2n) is 8.36. The van der Waals surface area contributed by atoms with Gasteiger partial charge < -0.3 is 24.3 Å². The SMILES string of the molecule is COc1cc([C@H]2Oc3ccccc3C3=C2[C@@H](c2ccccc2F)n2ncnc2N3)cc(OC)c1OC. The van der Waals surface area contributed by atoms with Crippen LogP contribution in [0.15, 0.2) is 72.6 Å². The fraction of sp³-hybridized carbons (Fsp3) is 0.185. The number of benzene rings is 3. The summed E-state index contributed by atoms with van der Waals surface area (Å²) in [6.07, 6.45) is 0.827. The zero-order chi connectivity index (χ0) is 24.8. The van der Waals surface area contributed by atoms with Crippen molar-refractivity contribution in [1.82, 2.24) is 14.8 Å². The van der Waals surface area contributed by atoms with E-state index < -0.39 is 12.1 Å². The number of rotatable bonds is 5. The second kappa shape index (κ2) is 8.60. The molecule has 2 aliphatic rings. The molecule has 9 heteroatoms. The van der Waals surface area contributed by atoms with E-state index in [4.69, 9.17) is 18.9 Å². The third-order valence-electron chi connectivity index (χ3n) is 6.51. The minimum Gasteiger partial charge on any atom is -0.493 e. The molecule has 0 fully saturated rings. The van der Waals surface area contributed by atoms with Gasteiger partial charge in [-0.1, -0.05) is 30.3 Å². The molecule has 36 heavy (non-hydrogen) atoms. The lowest BCUT2D eigenvalue weighted by atomic mass is 9.84. The zero-order valence-electron chi connectivity index (χ0n) is 19.9. The van der Waals surface area contributed by atoms with E-state index in [1.54, 1.807) is 38.1 Å². The summed E-state index contributed by atoms with van der Waals surface area (Å²) in [5.74, 6) is 2.30. The quantitative estimate of drug-likeness (QED) is 0.425. The Bertz CT molecular complexity index is 1470. The summed E-state index contributed by atoms with van der Waals surface area (Å²) in [5, 5.41) is 7.86. The Morgan fingerprint density at radius 1 is 0.944 bits per heavy atom. The highest BCUT2D eigenvalue weighted by atomic mass is 19.1. The van der Waals surface area contributed by atoms with Crippen LogP contribution in [-0.2, 0) is 0 Å². The van der Waals surface area contributed by atoms with E-state index >= 15 is 4.39 Å². The lowest BCUT2D eigenvalue weighted by Gasteiger charge is -2.39. The van der Waals surface area contributed by atoms with Crippen LogP contribution in [0.1, 0.15) is 28.8 Å². The number of ether oxygens (including phenoxy) is 4. The van der Waals surface area contributed by atoms with E-state index in [-0.39, 0.29) is 5.82 Å². The molecule has 1 N–H and O–H groups in total. The first-order valence-corrected chi connectivity index (χ1v) is 11.4. The average Bonchev–Trinajstić information content (AvgIpc) is 3.39. The van der Waals surface area contributed by atoms with Gasteiger partial charge in [-0.3, -0.25) is 0 Å². The first-order chi connectivity index (χ1) is 17.6. The van der Waals surface area contributed by atoms with E-state index in [1.165, 1.54) is 12.4 Å². The van der Waals surface area contributed by atoms with E-state index in [1.807, 2.05) is 42.5 Å². The number of nitrogens with zero attached hydrogens (tertiary/aromatic N) is 3. The molecule has 4 aromatic rings. The first kappa shape index (κ1) is 22.0. The molecule has 0 saturated heterocycles. The van der Waals surface area contributed by atoms with Crippen molar-refractivity contribution >= 4 is 11.6 Å². The maximum Gasteiger partial charge on any atom is 0.226 e. The Hall–Kier alpha value is -4.53. The van der Waals surface area contributed by atoms with Gasteiger partial charge in [-0.15, -0.1) is 0 Å². The van der Waals surface area contributed by atoms with E-state index in [2.05, 4.69) is 15.4 Å². The van der Waals surface area contributed by atoms with Gasteiger partial charge in [0.2, 0.25) is 11.7 Å². The Kier molecular flexibility index (Phi) is 5.25. The van der Waals surface area contributed by atoms with Gasteiger partial charge in [0, 0.05) is 22.3 Å². The van der Waals surface area contributed by atoms with Crippen LogP contribution in [0.4, 0.5) is 10.3 Å². The molecule has 0 spiro atoms. The summed E-state index contributed by atoms with van der Waals surface area (Å²) in [6, 6.07) is 17.5. The van der Waals surface area contributed by atoms with Crippen molar-refractivity contribution in [3.63, 3.8) is 0 Å². The maximum absolute atomic E-state index is 15.3. The van der Waals surface area contributed by atoms with Gasteiger partial charge >= 0.3 is 0 Å². The molecule has 0 bridgehead atoms. The highest BCUT2D eigenvalue weighted by molar-refractivity contribution is 5.85. The highest BCUT2D eigenvalue weighted by Gasteiger charge is 2.42. The lowest BCUT2D eigenvalue weighted by molar-refractivity contribution is 0.220. The van der Waals surface area contributed by atoms with Crippen molar-refractivity contribution in [1.29, 1.82) is 0 Å². The van der Waals surface area contributed by atoms with Crippen LogP contribution in [0.3, 0.4) is 0 Å². The van der Waals surface area contributed by atoms with Crippen molar-refractivity contribution < 1.29 is 23.3 Å². The summed E-state index contributed by atoms with van der Waals surface area (Å²) in [6.45, 7) is 0. The number of fused-ring (bicyclic) bond motifs is 3.